The molecular weight excluding hydrogens is 210 g/mol. The van der Waals surface area contributed by atoms with Gasteiger partial charge in [0.05, 0.1) is 0 Å². The predicted octanol–water partition coefficient (Wildman–Crippen LogP) is 3.49. The van der Waals surface area contributed by atoms with Gasteiger partial charge in [0.15, 0.2) is 0 Å². The van der Waals surface area contributed by atoms with Crippen LogP contribution in [0.2, 0.25) is 0 Å². The van der Waals surface area contributed by atoms with Crippen LogP contribution in [0.4, 0.5) is 0 Å². The van der Waals surface area contributed by atoms with Crippen LogP contribution < -0.4 is 0 Å². The van der Waals surface area contributed by atoms with Crippen molar-refractivity contribution in [3.05, 3.63) is 35.6 Å². The summed E-state index contributed by atoms with van der Waals surface area (Å²) in [5.74, 6) is 1.16. The molecule has 0 N–H and O–H groups in total. The molecule has 0 unspecified atom stereocenters. The molecule has 0 atom stereocenters. The zero-order valence-corrected chi connectivity index (χ0v) is 11.0. The monoisotopic (exact) mass is 231 g/mol. The highest BCUT2D eigenvalue weighted by molar-refractivity contribution is 5.82. The van der Waals surface area contributed by atoms with Crippen LogP contribution in [-0.2, 0) is 12.8 Å². The highest BCUT2D eigenvalue weighted by Crippen LogP contribution is 2.27. The molecule has 2 nitrogen and oxygen atoms in total. The van der Waals surface area contributed by atoms with Crippen molar-refractivity contribution in [3.8, 4) is 0 Å². The van der Waals surface area contributed by atoms with Crippen molar-refractivity contribution < 1.29 is 4.42 Å². The number of hydrogen-bond acceptors (Lipinski definition) is 2. The molecule has 2 heteroatoms. The molecule has 1 heterocycles. The van der Waals surface area contributed by atoms with Crippen LogP contribution in [0.3, 0.4) is 0 Å². The summed E-state index contributed by atoms with van der Waals surface area (Å²) in [4.78, 5) is 2.23. The third-order valence-electron chi connectivity index (χ3n) is 3.14. The van der Waals surface area contributed by atoms with Gasteiger partial charge in [0.1, 0.15) is 11.3 Å². The lowest BCUT2D eigenvalue weighted by Crippen LogP contribution is -2.13. The summed E-state index contributed by atoms with van der Waals surface area (Å²) >= 11 is 0. The Labute approximate surface area is 103 Å². The van der Waals surface area contributed by atoms with Crippen LogP contribution in [0.25, 0.3) is 11.0 Å². The molecule has 0 saturated carbocycles. The highest BCUT2D eigenvalue weighted by Gasteiger charge is 2.11. The van der Waals surface area contributed by atoms with Gasteiger partial charge in [-0.05, 0) is 39.5 Å². The second kappa shape index (κ2) is 5.37. The summed E-state index contributed by atoms with van der Waals surface area (Å²) in [5, 5.41) is 1.29. The first-order chi connectivity index (χ1) is 8.22. The largest absolute Gasteiger partial charge is 0.461 e. The van der Waals surface area contributed by atoms with Crippen molar-refractivity contribution in [2.24, 2.45) is 0 Å². The van der Waals surface area contributed by atoms with E-state index in [2.05, 4.69) is 44.1 Å². The number of para-hydroxylation sites is 1. The SMILES string of the molecule is CCc1oc2ccccc2c1CCCN(C)C. The number of hydrogen-bond donors (Lipinski definition) is 0. The summed E-state index contributed by atoms with van der Waals surface area (Å²) in [5.41, 5.74) is 2.44. The van der Waals surface area contributed by atoms with E-state index in [4.69, 9.17) is 4.42 Å². The number of furan rings is 1. The van der Waals surface area contributed by atoms with Crippen molar-refractivity contribution in [1.29, 1.82) is 0 Å². The molecule has 0 fully saturated rings. The first kappa shape index (κ1) is 12.2. The van der Waals surface area contributed by atoms with Gasteiger partial charge in [-0.2, -0.15) is 0 Å². The van der Waals surface area contributed by atoms with Gasteiger partial charge in [-0.25, -0.2) is 0 Å². The average Bonchev–Trinajstić information content (AvgIpc) is 2.67. The molecule has 0 saturated heterocycles. The Morgan fingerprint density at radius 3 is 2.65 bits per heavy atom. The molecule has 0 spiro atoms. The van der Waals surface area contributed by atoms with Gasteiger partial charge < -0.3 is 9.32 Å². The lowest BCUT2D eigenvalue weighted by Gasteiger charge is -2.08. The van der Waals surface area contributed by atoms with Gasteiger partial charge in [0, 0.05) is 17.4 Å². The van der Waals surface area contributed by atoms with E-state index in [1.807, 2.05) is 6.07 Å². The Kier molecular flexibility index (Phi) is 3.85. The van der Waals surface area contributed by atoms with Crippen molar-refractivity contribution in [2.45, 2.75) is 26.2 Å². The maximum absolute atomic E-state index is 5.89. The summed E-state index contributed by atoms with van der Waals surface area (Å²) in [6, 6.07) is 8.36. The second-order valence-corrected chi connectivity index (χ2v) is 4.76. The fraction of sp³-hybridized carbons (Fsp3) is 0.467. The number of fused-ring (bicyclic) bond motifs is 1. The maximum atomic E-state index is 5.89. The van der Waals surface area contributed by atoms with Crippen molar-refractivity contribution in [2.75, 3.05) is 20.6 Å². The lowest BCUT2D eigenvalue weighted by atomic mass is 10.0. The molecule has 0 radical (unpaired) electrons. The van der Waals surface area contributed by atoms with Gasteiger partial charge in [-0.3, -0.25) is 0 Å². The van der Waals surface area contributed by atoms with E-state index in [1.165, 1.54) is 17.4 Å². The van der Waals surface area contributed by atoms with E-state index >= 15 is 0 Å². The smallest absolute Gasteiger partial charge is 0.134 e. The Hall–Kier alpha value is -1.28. The van der Waals surface area contributed by atoms with E-state index in [1.54, 1.807) is 0 Å². The normalized spacial score (nSPS) is 11.5. The Morgan fingerprint density at radius 2 is 1.94 bits per heavy atom. The standard InChI is InChI=1S/C15H21NO/c1-4-14-12(9-7-11-16(2)3)13-8-5-6-10-15(13)17-14/h5-6,8,10H,4,7,9,11H2,1-3H3. The highest BCUT2D eigenvalue weighted by atomic mass is 16.3. The fourth-order valence-corrected chi connectivity index (χ4v) is 2.28. The third kappa shape index (κ3) is 2.70. The first-order valence-electron chi connectivity index (χ1n) is 6.36. The topological polar surface area (TPSA) is 16.4 Å². The Morgan fingerprint density at radius 1 is 1.18 bits per heavy atom. The molecule has 0 aliphatic carbocycles. The quantitative estimate of drug-likeness (QED) is 0.783. The lowest BCUT2D eigenvalue weighted by molar-refractivity contribution is 0.399. The Balaban J connectivity index is 2.24. The molecule has 1 aromatic heterocycles. The third-order valence-corrected chi connectivity index (χ3v) is 3.14. The first-order valence-corrected chi connectivity index (χ1v) is 6.36. The second-order valence-electron chi connectivity index (χ2n) is 4.76. The van der Waals surface area contributed by atoms with E-state index in [9.17, 15) is 0 Å². The number of rotatable bonds is 5. The summed E-state index contributed by atoms with van der Waals surface area (Å²) < 4.78 is 5.89. The van der Waals surface area contributed by atoms with Gasteiger partial charge >= 0.3 is 0 Å². The minimum absolute atomic E-state index is 0.978. The minimum Gasteiger partial charge on any atom is -0.461 e. The van der Waals surface area contributed by atoms with Crippen LogP contribution in [0, 0.1) is 0 Å². The van der Waals surface area contributed by atoms with Crippen LogP contribution >= 0.6 is 0 Å². The molecule has 2 aromatic rings. The number of aryl methyl sites for hydroxylation is 2. The molecular formula is C15H21NO. The van der Waals surface area contributed by atoms with Gasteiger partial charge in [0.25, 0.3) is 0 Å². The van der Waals surface area contributed by atoms with E-state index in [0.717, 1.165) is 30.7 Å². The fourth-order valence-electron chi connectivity index (χ4n) is 2.28. The number of nitrogens with zero attached hydrogens (tertiary/aromatic N) is 1. The van der Waals surface area contributed by atoms with E-state index in [0.29, 0.717) is 0 Å². The summed E-state index contributed by atoms with van der Waals surface area (Å²) in [7, 11) is 4.24. The van der Waals surface area contributed by atoms with Gasteiger partial charge in [-0.15, -0.1) is 0 Å². The maximum Gasteiger partial charge on any atom is 0.134 e. The van der Waals surface area contributed by atoms with Crippen LogP contribution in [0.1, 0.15) is 24.7 Å². The molecule has 92 valence electrons. The van der Waals surface area contributed by atoms with Crippen LogP contribution in [0.15, 0.2) is 28.7 Å². The van der Waals surface area contributed by atoms with Crippen molar-refractivity contribution in [1.82, 2.24) is 4.90 Å². The van der Waals surface area contributed by atoms with Gasteiger partial charge in [-0.1, -0.05) is 25.1 Å². The molecule has 2 rings (SSSR count). The van der Waals surface area contributed by atoms with E-state index in [-0.39, 0.29) is 0 Å². The molecule has 1 aromatic carbocycles. The zero-order valence-electron chi connectivity index (χ0n) is 11.0. The zero-order chi connectivity index (χ0) is 12.3. The van der Waals surface area contributed by atoms with E-state index < -0.39 is 0 Å². The minimum atomic E-state index is 0.978. The molecule has 17 heavy (non-hydrogen) atoms. The molecule has 0 bridgehead atoms. The summed E-state index contributed by atoms with van der Waals surface area (Å²) in [6.45, 7) is 3.29. The van der Waals surface area contributed by atoms with Gasteiger partial charge in [0.2, 0.25) is 0 Å². The number of benzene rings is 1. The van der Waals surface area contributed by atoms with Crippen molar-refractivity contribution >= 4 is 11.0 Å². The average molecular weight is 231 g/mol. The van der Waals surface area contributed by atoms with Crippen molar-refractivity contribution in [3.63, 3.8) is 0 Å². The molecule has 0 amide bonds. The molecule has 0 aliphatic heterocycles. The molecule has 0 aliphatic rings. The van der Waals surface area contributed by atoms with Crippen LogP contribution in [-0.4, -0.2) is 25.5 Å². The summed E-state index contributed by atoms with van der Waals surface area (Å²) in [6.07, 6.45) is 3.27. The van der Waals surface area contributed by atoms with Crippen LogP contribution in [0.5, 0.6) is 0 Å². The predicted molar refractivity (Wildman–Crippen MR) is 72.5 cm³/mol. The Bertz CT molecular complexity index is 485.